The van der Waals surface area contributed by atoms with Crippen molar-refractivity contribution in [2.45, 2.75) is 11.3 Å². The molecule has 0 unspecified atom stereocenters. The third-order valence-electron chi connectivity index (χ3n) is 2.66. The number of hydrogen-bond acceptors (Lipinski definition) is 3. The molecule has 1 N–H and O–H groups in total. The predicted octanol–water partition coefficient (Wildman–Crippen LogP) is 2.64. The molecule has 1 aromatic carbocycles. The molecule has 0 aliphatic rings. The van der Waals surface area contributed by atoms with Crippen molar-refractivity contribution in [1.82, 2.24) is 9.71 Å². The van der Waals surface area contributed by atoms with Gasteiger partial charge in [0.25, 0.3) is 0 Å². The second-order valence-corrected chi connectivity index (χ2v) is 6.77. The summed E-state index contributed by atoms with van der Waals surface area (Å²) in [5.41, 5.74) is 0.846. The summed E-state index contributed by atoms with van der Waals surface area (Å²) >= 11 is 2.86. The predicted molar refractivity (Wildman–Crippen MR) is 77.2 cm³/mol. The van der Waals surface area contributed by atoms with Gasteiger partial charge in [0.05, 0.1) is 0 Å². The van der Waals surface area contributed by atoms with Gasteiger partial charge in [-0.2, -0.15) is 0 Å². The van der Waals surface area contributed by atoms with Crippen LogP contribution in [0.5, 0.6) is 0 Å². The van der Waals surface area contributed by atoms with Crippen molar-refractivity contribution in [3.05, 3.63) is 58.3 Å². The van der Waals surface area contributed by atoms with Gasteiger partial charge in [-0.25, -0.2) is 21.9 Å². The molecule has 0 fully saturated rings. The van der Waals surface area contributed by atoms with E-state index in [0.29, 0.717) is 12.5 Å². The van der Waals surface area contributed by atoms with E-state index < -0.39 is 26.6 Å². The van der Waals surface area contributed by atoms with Crippen molar-refractivity contribution >= 4 is 26.0 Å². The first kappa shape index (κ1) is 16.0. The highest BCUT2D eigenvalue weighted by Crippen LogP contribution is 2.26. The van der Waals surface area contributed by atoms with Crippen LogP contribution in [0.3, 0.4) is 0 Å². The Morgan fingerprint density at radius 1 is 1.29 bits per heavy atom. The highest BCUT2D eigenvalue weighted by molar-refractivity contribution is 9.10. The molecule has 2 aromatic rings. The van der Waals surface area contributed by atoms with Crippen molar-refractivity contribution in [2.24, 2.45) is 0 Å². The number of nitrogens with zero attached hydrogens (tertiary/aromatic N) is 1. The highest BCUT2D eigenvalue weighted by Gasteiger charge is 2.23. The van der Waals surface area contributed by atoms with Gasteiger partial charge in [-0.3, -0.25) is 4.98 Å². The molecule has 2 rings (SSSR count). The molecule has 0 saturated heterocycles. The van der Waals surface area contributed by atoms with E-state index in [2.05, 4.69) is 25.6 Å². The summed E-state index contributed by atoms with van der Waals surface area (Å²) in [5, 5.41) is 0. The molecular weight excluding hydrogens is 366 g/mol. The van der Waals surface area contributed by atoms with E-state index in [9.17, 15) is 17.2 Å². The Labute approximate surface area is 129 Å². The van der Waals surface area contributed by atoms with Gasteiger partial charge < -0.3 is 0 Å². The van der Waals surface area contributed by atoms with Gasteiger partial charge in [0, 0.05) is 29.5 Å². The molecule has 0 amide bonds. The largest absolute Gasteiger partial charge is 0.264 e. The van der Waals surface area contributed by atoms with Crippen molar-refractivity contribution < 1.29 is 17.2 Å². The molecular formula is C13H11BrF2N2O2S. The highest BCUT2D eigenvalue weighted by atomic mass is 79.9. The van der Waals surface area contributed by atoms with Crippen LogP contribution < -0.4 is 4.72 Å². The van der Waals surface area contributed by atoms with E-state index in [4.69, 9.17) is 0 Å². The lowest BCUT2D eigenvalue weighted by Gasteiger charge is -2.09. The van der Waals surface area contributed by atoms with E-state index >= 15 is 0 Å². The lowest BCUT2D eigenvalue weighted by atomic mass is 10.2. The third kappa shape index (κ3) is 4.05. The SMILES string of the molecule is O=S(=O)(NCCc1cccnc1)c1c(F)cc(F)cc1Br. The Balaban J connectivity index is 2.12. The first-order chi connectivity index (χ1) is 9.90. The van der Waals surface area contributed by atoms with Crippen molar-refractivity contribution in [1.29, 1.82) is 0 Å². The number of sulfonamides is 1. The molecule has 0 bridgehead atoms. The summed E-state index contributed by atoms with van der Waals surface area (Å²) in [7, 11) is -4.07. The topological polar surface area (TPSA) is 59.1 Å². The van der Waals surface area contributed by atoms with Crippen molar-refractivity contribution in [3.8, 4) is 0 Å². The van der Waals surface area contributed by atoms with Crippen LogP contribution in [0.2, 0.25) is 0 Å². The fourth-order valence-electron chi connectivity index (χ4n) is 1.73. The fraction of sp³-hybridized carbons (Fsp3) is 0.154. The molecule has 0 spiro atoms. The molecule has 0 aliphatic heterocycles. The number of hydrogen-bond donors (Lipinski definition) is 1. The Morgan fingerprint density at radius 3 is 2.67 bits per heavy atom. The summed E-state index contributed by atoms with van der Waals surface area (Å²) in [6.45, 7) is 0.0806. The van der Waals surface area contributed by atoms with Crippen LogP contribution in [-0.4, -0.2) is 19.9 Å². The lowest BCUT2D eigenvalue weighted by Crippen LogP contribution is -2.27. The number of rotatable bonds is 5. The molecule has 21 heavy (non-hydrogen) atoms. The van der Waals surface area contributed by atoms with Crippen molar-refractivity contribution in [3.63, 3.8) is 0 Å². The van der Waals surface area contributed by atoms with E-state index in [0.717, 1.165) is 11.6 Å². The van der Waals surface area contributed by atoms with Crippen LogP contribution in [-0.2, 0) is 16.4 Å². The second-order valence-electron chi connectivity index (χ2n) is 4.21. The van der Waals surface area contributed by atoms with Crippen LogP contribution in [0.4, 0.5) is 8.78 Å². The minimum Gasteiger partial charge on any atom is -0.264 e. The first-order valence-corrected chi connectivity index (χ1v) is 8.21. The van der Waals surface area contributed by atoms with Gasteiger partial charge in [-0.15, -0.1) is 0 Å². The van der Waals surface area contributed by atoms with Crippen LogP contribution in [0.1, 0.15) is 5.56 Å². The Bertz CT molecular complexity index is 716. The van der Waals surface area contributed by atoms with Gasteiger partial charge >= 0.3 is 0 Å². The molecule has 1 aromatic heterocycles. The fourth-order valence-corrected chi connectivity index (χ4v) is 3.93. The summed E-state index contributed by atoms with van der Waals surface area (Å²) in [5.74, 6) is -2.00. The number of halogens is 3. The van der Waals surface area contributed by atoms with Crippen LogP contribution in [0, 0.1) is 11.6 Å². The Kier molecular flexibility index (Phi) is 5.02. The monoisotopic (exact) mass is 376 g/mol. The molecule has 0 radical (unpaired) electrons. The third-order valence-corrected chi connectivity index (χ3v) is 5.08. The van der Waals surface area contributed by atoms with Gasteiger partial charge in [-0.05, 0) is 40.0 Å². The van der Waals surface area contributed by atoms with Gasteiger partial charge in [0.15, 0.2) is 0 Å². The van der Waals surface area contributed by atoms with Crippen LogP contribution in [0.15, 0.2) is 46.0 Å². The van der Waals surface area contributed by atoms with Crippen LogP contribution in [0.25, 0.3) is 0 Å². The number of aromatic nitrogens is 1. The van der Waals surface area contributed by atoms with Crippen LogP contribution >= 0.6 is 15.9 Å². The average molecular weight is 377 g/mol. The molecule has 1 heterocycles. The average Bonchev–Trinajstić information content (AvgIpc) is 2.38. The zero-order valence-electron chi connectivity index (χ0n) is 10.7. The maximum atomic E-state index is 13.7. The smallest absolute Gasteiger partial charge is 0.244 e. The minimum absolute atomic E-state index is 0.0806. The lowest BCUT2D eigenvalue weighted by molar-refractivity contribution is 0.541. The molecule has 112 valence electrons. The molecule has 0 saturated carbocycles. The molecule has 8 heteroatoms. The quantitative estimate of drug-likeness (QED) is 0.872. The molecule has 4 nitrogen and oxygen atoms in total. The zero-order chi connectivity index (χ0) is 15.5. The maximum Gasteiger partial charge on any atom is 0.244 e. The number of benzene rings is 1. The number of nitrogens with one attached hydrogen (secondary N) is 1. The second kappa shape index (κ2) is 6.59. The van der Waals surface area contributed by atoms with E-state index in [1.54, 1.807) is 24.5 Å². The molecule has 0 atom stereocenters. The normalized spacial score (nSPS) is 11.6. The summed E-state index contributed by atoms with van der Waals surface area (Å²) < 4.78 is 52.9. The zero-order valence-corrected chi connectivity index (χ0v) is 13.1. The maximum absolute atomic E-state index is 13.7. The van der Waals surface area contributed by atoms with Gasteiger partial charge in [-0.1, -0.05) is 6.07 Å². The van der Waals surface area contributed by atoms with E-state index in [-0.39, 0.29) is 11.0 Å². The summed E-state index contributed by atoms with van der Waals surface area (Å²) in [6.07, 6.45) is 3.63. The number of pyridine rings is 1. The summed E-state index contributed by atoms with van der Waals surface area (Å²) in [6, 6.07) is 4.97. The first-order valence-electron chi connectivity index (χ1n) is 5.93. The van der Waals surface area contributed by atoms with Gasteiger partial charge in [0.2, 0.25) is 10.0 Å². The standard InChI is InChI=1S/C13H11BrF2N2O2S/c14-11-6-10(15)7-12(16)13(11)21(19,20)18-5-3-9-2-1-4-17-8-9/h1-2,4,6-8,18H,3,5H2. The van der Waals surface area contributed by atoms with Crippen molar-refractivity contribution in [2.75, 3.05) is 6.54 Å². The van der Waals surface area contributed by atoms with E-state index in [1.165, 1.54) is 0 Å². The summed E-state index contributed by atoms with van der Waals surface area (Å²) in [4.78, 5) is 3.31. The Morgan fingerprint density at radius 2 is 2.05 bits per heavy atom. The van der Waals surface area contributed by atoms with Gasteiger partial charge in [0.1, 0.15) is 16.5 Å². The minimum atomic E-state index is -4.07. The molecule has 0 aliphatic carbocycles. The van der Waals surface area contributed by atoms with E-state index in [1.807, 2.05) is 0 Å². The Hall–Kier alpha value is -1.38.